The van der Waals surface area contributed by atoms with Crippen LogP contribution < -0.4 is 0 Å². The molecule has 1 aromatic carbocycles. The Balaban J connectivity index is 1.91. The molecule has 0 radical (unpaired) electrons. The Morgan fingerprint density at radius 1 is 1.10 bits per heavy atom. The van der Waals surface area contributed by atoms with Gasteiger partial charge in [-0.3, -0.25) is 9.48 Å². The van der Waals surface area contributed by atoms with E-state index in [4.69, 9.17) is 0 Å². The molecule has 0 aliphatic heterocycles. The number of rotatable bonds is 4. The summed E-state index contributed by atoms with van der Waals surface area (Å²) >= 11 is 0.979. The zero-order valence-electron chi connectivity index (χ0n) is 15.5. The van der Waals surface area contributed by atoms with E-state index in [9.17, 15) is 36.4 Å². The minimum absolute atomic E-state index is 0.0576. The van der Waals surface area contributed by atoms with Crippen LogP contribution in [0, 0.1) is 11.3 Å². The van der Waals surface area contributed by atoms with Gasteiger partial charge in [-0.05, 0) is 36.4 Å². The topological polar surface area (TPSA) is 58.7 Å². The van der Waals surface area contributed by atoms with Crippen molar-refractivity contribution in [2.45, 2.75) is 12.4 Å². The summed E-state index contributed by atoms with van der Waals surface area (Å²) in [6.45, 7) is 0. The Labute approximate surface area is 175 Å². The van der Waals surface area contributed by atoms with Gasteiger partial charge in [0.15, 0.2) is 0 Å². The highest BCUT2D eigenvalue weighted by molar-refractivity contribution is 7.16. The van der Waals surface area contributed by atoms with Gasteiger partial charge in [-0.25, -0.2) is 0 Å². The van der Waals surface area contributed by atoms with Gasteiger partial charge in [-0.1, -0.05) is 12.1 Å². The van der Waals surface area contributed by atoms with Crippen LogP contribution in [0.3, 0.4) is 0 Å². The highest BCUT2D eigenvalue weighted by atomic mass is 32.1. The smallest absolute Gasteiger partial charge is 0.288 e. The predicted molar refractivity (Wildman–Crippen MR) is 101 cm³/mol. The molecule has 0 fully saturated rings. The van der Waals surface area contributed by atoms with Crippen molar-refractivity contribution >= 4 is 23.2 Å². The zero-order chi connectivity index (χ0) is 23.0. The van der Waals surface area contributed by atoms with Gasteiger partial charge in [-0.15, -0.1) is 11.3 Å². The molecule has 0 N–H and O–H groups in total. The molecule has 2 aromatic heterocycles. The van der Waals surface area contributed by atoms with E-state index in [0.29, 0.717) is 20.5 Å². The molecule has 0 aliphatic rings. The average Bonchev–Trinajstić information content (AvgIpc) is 3.31. The highest BCUT2D eigenvalue weighted by Gasteiger charge is 2.35. The van der Waals surface area contributed by atoms with E-state index in [2.05, 4.69) is 5.10 Å². The summed E-state index contributed by atoms with van der Waals surface area (Å²) in [4.78, 5) is 13.2. The van der Waals surface area contributed by atoms with Crippen molar-refractivity contribution in [1.82, 2.24) is 9.78 Å². The number of hydrogen-bond donors (Lipinski definition) is 0. The summed E-state index contributed by atoms with van der Waals surface area (Å²) in [7, 11) is 1.16. The van der Waals surface area contributed by atoms with Gasteiger partial charge < -0.3 is 0 Å². The quantitative estimate of drug-likeness (QED) is 0.211. The van der Waals surface area contributed by atoms with E-state index >= 15 is 0 Å². The Morgan fingerprint density at radius 2 is 1.81 bits per heavy atom. The molecular formula is C20H11F6N3OS. The zero-order valence-corrected chi connectivity index (χ0v) is 16.4. The maximum absolute atomic E-state index is 12.9. The Morgan fingerprint density at radius 3 is 2.39 bits per heavy atom. The number of thiophene rings is 1. The number of aryl methyl sites for hydroxylation is 1. The number of Topliss-reactive ketones (excluding diaryl/α,β-unsaturated/α-hetero) is 1. The van der Waals surface area contributed by atoms with Crippen LogP contribution in [0.2, 0.25) is 0 Å². The molecule has 0 spiro atoms. The molecular weight excluding hydrogens is 444 g/mol. The molecule has 31 heavy (non-hydrogen) atoms. The number of allylic oxidation sites excluding steroid dienone is 1. The summed E-state index contributed by atoms with van der Waals surface area (Å²) in [5, 5.41) is 13.1. The predicted octanol–water partition coefficient (Wildman–Crippen LogP) is 5.98. The van der Waals surface area contributed by atoms with Crippen LogP contribution in [0.25, 0.3) is 16.6 Å². The fourth-order valence-electron chi connectivity index (χ4n) is 2.70. The lowest BCUT2D eigenvalue weighted by Gasteiger charge is -2.07. The van der Waals surface area contributed by atoms with Crippen molar-refractivity contribution < 1.29 is 31.1 Å². The van der Waals surface area contributed by atoms with Gasteiger partial charge >= 0.3 is 12.4 Å². The lowest BCUT2D eigenvalue weighted by Crippen LogP contribution is -2.11. The standard InChI is InChI=1S/C20H11F6N3OS/c1-29-17(20(24,25)26)9-15(28-29)16-6-5-14(31-16)8-12(10-27)18(30)11-3-2-4-13(7-11)19(21,22)23/h2-9H,1H3/b12-8-. The fourth-order valence-corrected chi connectivity index (χ4v) is 3.61. The maximum atomic E-state index is 12.9. The molecule has 0 saturated carbocycles. The molecule has 4 nitrogen and oxygen atoms in total. The Hall–Kier alpha value is -3.39. The molecule has 0 saturated heterocycles. The van der Waals surface area contributed by atoms with Crippen molar-refractivity contribution in [2.75, 3.05) is 0 Å². The van der Waals surface area contributed by atoms with E-state index in [1.165, 1.54) is 18.2 Å². The minimum atomic E-state index is -4.65. The number of benzene rings is 1. The number of aromatic nitrogens is 2. The van der Waals surface area contributed by atoms with Crippen molar-refractivity contribution in [1.29, 1.82) is 5.26 Å². The second-order valence-corrected chi connectivity index (χ2v) is 7.43. The third kappa shape index (κ3) is 4.86. The van der Waals surface area contributed by atoms with Crippen molar-refractivity contribution in [3.63, 3.8) is 0 Å². The third-order valence-corrected chi connectivity index (χ3v) is 5.21. The number of nitriles is 1. The average molecular weight is 455 g/mol. The number of carbonyl (C=O) groups is 1. The largest absolute Gasteiger partial charge is 0.433 e. The first-order chi connectivity index (χ1) is 14.4. The van der Waals surface area contributed by atoms with Gasteiger partial charge in [-0.2, -0.15) is 36.7 Å². The maximum Gasteiger partial charge on any atom is 0.433 e. The molecule has 0 aliphatic carbocycles. The first-order valence-corrected chi connectivity index (χ1v) is 9.27. The van der Waals surface area contributed by atoms with Crippen LogP contribution >= 0.6 is 11.3 Å². The van der Waals surface area contributed by atoms with E-state index in [0.717, 1.165) is 42.6 Å². The molecule has 0 bridgehead atoms. The monoisotopic (exact) mass is 455 g/mol. The molecule has 0 amide bonds. The Bertz CT molecular complexity index is 1210. The second-order valence-electron chi connectivity index (χ2n) is 6.32. The number of halogens is 6. The van der Waals surface area contributed by atoms with Crippen LogP contribution in [0.1, 0.15) is 26.5 Å². The van der Waals surface area contributed by atoms with Gasteiger partial charge in [0.25, 0.3) is 0 Å². The third-order valence-electron chi connectivity index (χ3n) is 4.15. The minimum Gasteiger partial charge on any atom is -0.288 e. The number of nitrogens with zero attached hydrogens (tertiary/aromatic N) is 3. The van der Waals surface area contributed by atoms with Gasteiger partial charge in [0, 0.05) is 17.5 Å². The van der Waals surface area contributed by atoms with E-state index in [1.807, 2.05) is 0 Å². The molecule has 3 aromatic rings. The molecule has 2 heterocycles. The SMILES string of the molecule is Cn1nc(-c2ccc(/C=C(/C#N)C(=O)c3cccc(C(F)(F)F)c3)s2)cc1C(F)(F)F. The van der Waals surface area contributed by atoms with E-state index in [1.54, 1.807) is 6.07 Å². The summed E-state index contributed by atoms with van der Waals surface area (Å²) in [5.74, 6) is -0.902. The van der Waals surface area contributed by atoms with Crippen LogP contribution in [-0.4, -0.2) is 15.6 Å². The number of alkyl halides is 6. The summed E-state index contributed by atoms with van der Waals surface area (Å²) in [6.07, 6.45) is -8.05. The lowest BCUT2D eigenvalue weighted by atomic mass is 10.0. The van der Waals surface area contributed by atoms with Gasteiger partial charge in [0.05, 0.1) is 10.4 Å². The molecule has 160 valence electrons. The number of carbonyl (C=O) groups excluding carboxylic acids is 1. The normalized spacial score (nSPS) is 12.6. The molecule has 3 rings (SSSR count). The van der Waals surface area contributed by atoms with Crippen molar-refractivity contribution in [3.8, 4) is 16.6 Å². The first kappa shape index (κ1) is 22.3. The van der Waals surface area contributed by atoms with Crippen LogP contribution in [0.5, 0.6) is 0 Å². The summed E-state index contributed by atoms with van der Waals surface area (Å²) in [6, 6.07) is 9.16. The summed E-state index contributed by atoms with van der Waals surface area (Å²) in [5.41, 5.74) is -2.62. The van der Waals surface area contributed by atoms with Crippen LogP contribution in [0.4, 0.5) is 26.3 Å². The molecule has 11 heteroatoms. The van der Waals surface area contributed by atoms with Crippen LogP contribution in [0.15, 0.2) is 48.0 Å². The summed E-state index contributed by atoms with van der Waals surface area (Å²) < 4.78 is 78.1. The lowest BCUT2D eigenvalue weighted by molar-refractivity contribution is -0.143. The number of hydrogen-bond acceptors (Lipinski definition) is 4. The van der Waals surface area contributed by atoms with Crippen LogP contribution in [-0.2, 0) is 19.4 Å². The second kappa shape index (κ2) is 8.03. The van der Waals surface area contributed by atoms with E-state index in [-0.39, 0.29) is 11.3 Å². The first-order valence-electron chi connectivity index (χ1n) is 8.45. The van der Waals surface area contributed by atoms with E-state index < -0.39 is 35.0 Å². The fraction of sp³-hybridized carbons (Fsp3) is 0.150. The molecule has 0 unspecified atom stereocenters. The highest BCUT2D eigenvalue weighted by Crippen LogP contribution is 2.35. The Kier molecular flexibility index (Phi) is 5.78. The molecule has 0 atom stereocenters. The van der Waals surface area contributed by atoms with Gasteiger partial charge in [0.2, 0.25) is 5.78 Å². The van der Waals surface area contributed by atoms with Crippen molar-refractivity contribution in [2.24, 2.45) is 7.05 Å². The van der Waals surface area contributed by atoms with Crippen molar-refractivity contribution in [3.05, 3.63) is 69.7 Å². The number of ketones is 1. The van der Waals surface area contributed by atoms with Gasteiger partial charge in [0.1, 0.15) is 23.0 Å².